The maximum Gasteiger partial charge on any atom is 0.0991 e. The van der Waals surface area contributed by atoms with Crippen molar-refractivity contribution in [2.24, 2.45) is 0 Å². The largest absolute Gasteiger partial charge is 0.309 e. The van der Waals surface area contributed by atoms with Crippen molar-refractivity contribution in [1.29, 1.82) is 5.26 Å². The van der Waals surface area contributed by atoms with Crippen LogP contribution in [0.3, 0.4) is 0 Å². The quantitative estimate of drug-likeness (QED) is 0.202. The van der Waals surface area contributed by atoms with Crippen molar-refractivity contribution < 1.29 is 0 Å². The van der Waals surface area contributed by atoms with Gasteiger partial charge in [0.1, 0.15) is 0 Å². The highest BCUT2D eigenvalue weighted by molar-refractivity contribution is 6.11. The fourth-order valence-corrected chi connectivity index (χ4v) is 7.14. The number of hydrogen-bond acceptors (Lipinski definition) is 1. The molecule has 0 spiro atoms. The van der Waals surface area contributed by atoms with Gasteiger partial charge in [0, 0.05) is 32.7 Å². The van der Waals surface area contributed by atoms with E-state index >= 15 is 0 Å². The second-order valence-corrected chi connectivity index (χ2v) is 11.7. The van der Waals surface area contributed by atoms with E-state index in [1.165, 1.54) is 27.4 Å². The first-order chi connectivity index (χ1) is 22.8. The Balaban J connectivity index is 1.33. The number of nitriles is 1. The standard InChI is InChI=1S/C43H27N3/c44-28-29-22-24-43-37(26-29)35-17-7-11-21-41(35)46(43)42-25-23-31(27-36(42)30-12-2-1-3-13-30)32-14-4-8-18-38(32)45-39-19-9-5-15-33(39)34-16-6-10-20-40(34)45/h1-27H. The highest BCUT2D eigenvalue weighted by Crippen LogP contribution is 2.41. The molecule has 0 fully saturated rings. The summed E-state index contributed by atoms with van der Waals surface area (Å²) < 4.78 is 4.74. The zero-order valence-electron chi connectivity index (χ0n) is 24.9. The molecular weight excluding hydrogens is 558 g/mol. The fraction of sp³-hybridized carbons (Fsp3) is 0. The molecule has 0 aliphatic carbocycles. The number of benzene rings is 7. The number of rotatable bonds is 4. The maximum absolute atomic E-state index is 9.67. The van der Waals surface area contributed by atoms with Crippen LogP contribution in [0.5, 0.6) is 0 Å². The first-order valence-corrected chi connectivity index (χ1v) is 15.5. The van der Waals surface area contributed by atoms with Crippen LogP contribution in [0.1, 0.15) is 5.56 Å². The first kappa shape index (κ1) is 26.1. The summed E-state index contributed by atoms with van der Waals surface area (Å²) in [7, 11) is 0. The monoisotopic (exact) mass is 585 g/mol. The third-order valence-electron chi connectivity index (χ3n) is 9.16. The molecule has 9 aromatic rings. The molecule has 7 aromatic carbocycles. The molecule has 0 saturated heterocycles. The van der Waals surface area contributed by atoms with Gasteiger partial charge in [-0.3, -0.25) is 0 Å². The number of fused-ring (bicyclic) bond motifs is 6. The summed E-state index contributed by atoms with van der Waals surface area (Å²) in [5, 5.41) is 14.4. The van der Waals surface area contributed by atoms with Gasteiger partial charge in [-0.25, -0.2) is 0 Å². The Bertz CT molecular complexity index is 2600. The Morgan fingerprint density at radius 3 is 1.54 bits per heavy atom. The van der Waals surface area contributed by atoms with E-state index in [1.54, 1.807) is 0 Å². The second kappa shape index (κ2) is 10.4. The molecule has 3 heteroatoms. The molecule has 0 amide bonds. The molecule has 9 rings (SSSR count). The minimum absolute atomic E-state index is 0.663. The van der Waals surface area contributed by atoms with E-state index < -0.39 is 0 Å². The van der Waals surface area contributed by atoms with Gasteiger partial charge in [0.15, 0.2) is 0 Å². The summed E-state index contributed by atoms with van der Waals surface area (Å²) in [5.41, 5.74) is 12.1. The lowest BCUT2D eigenvalue weighted by molar-refractivity contribution is 1.17. The third kappa shape index (κ3) is 3.91. The van der Waals surface area contributed by atoms with Gasteiger partial charge in [0.25, 0.3) is 0 Å². The van der Waals surface area contributed by atoms with Gasteiger partial charge in [0.2, 0.25) is 0 Å². The third-order valence-corrected chi connectivity index (χ3v) is 9.16. The van der Waals surface area contributed by atoms with Crippen LogP contribution >= 0.6 is 0 Å². The summed E-state index contributed by atoms with van der Waals surface area (Å²) in [4.78, 5) is 0. The van der Waals surface area contributed by atoms with E-state index in [0.29, 0.717) is 5.56 Å². The minimum Gasteiger partial charge on any atom is -0.309 e. The fourth-order valence-electron chi connectivity index (χ4n) is 7.14. The number of para-hydroxylation sites is 4. The predicted octanol–water partition coefficient (Wildman–Crippen LogP) is 11.1. The number of nitrogens with zero attached hydrogens (tertiary/aromatic N) is 3. The average molecular weight is 586 g/mol. The summed E-state index contributed by atoms with van der Waals surface area (Å²) in [6.07, 6.45) is 0. The van der Waals surface area contributed by atoms with E-state index in [0.717, 1.165) is 49.9 Å². The van der Waals surface area contributed by atoms with Crippen LogP contribution in [-0.4, -0.2) is 9.13 Å². The van der Waals surface area contributed by atoms with Crippen molar-refractivity contribution >= 4 is 43.6 Å². The lowest BCUT2D eigenvalue weighted by Gasteiger charge is -2.18. The molecule has 0 saturated carbocycles. The van der Waals surface area contributed by atoms with Crippen LogP contribution in [-0.2, 0) is 0 Å². The van der Waals surface area contributed by atoms with Gasteiger partial charge in [-0.2, -0.15) is 5.26 Å². The van der Waals surface area contributed by atoms with Gasteiger partial charge in [-0.1, -0.05) is 109 Å². The molecule has 0 atom stereocenters. The smallest absolute Gasteiger partial charge is 0.0991 e. The Hall–Kier alpha value is -6.37. The van der Waals surface area contributed by atoms with Crippen molar-refractivity contribution in [3.8, 4) is 39.7 Å². The van der Waals surface area contributed by atoms with E-state index in [2.05, 4.69) is 167 Å². The van der Waals surface area contributed by atoms with Gasteiger partial charge >= 0.3 is 0 Å². The first-order valence-electron chi connectivity index (χ1n) is 15.5. The van der Waals surface area contributed by atoms with Crippen LogP contribution in [0.25, 0.3) is 77.2 Å². The molecule has 2 aromatic heterocycles. The molecule has 214 valence electrons. The summed E-state index contributed by atoms with van der Waals surface area (Å²) in [5.74, 6) is 0. The molecule has 46 heavy (non-hydrogen) atoms. The predicted molar refractivity (Wildman–Crippen MR) is 191 cm³/mol. The lowest BCUT2D eigenvalue weighted by atomic mass is 9.96. The minimum atomic E-state index is 0.663. The summed E-state index contributed by atoms with van der Waals surface area (Å²) >= 11 is 0. The average Bonchev–Trinajstić information content (AvgIpc) is 3.64. The highest BCUT2D eigenvalue weighted by atomic mass is 15.0. The van der Waals surface area contributed by atoms with Crippen molar-refractivity contribution in [3.63, 3.8) is 0 Å². The van der Waals surface area contributed by atoms with Crippen LogP contribution in [0, 0.1) is 11.3 Å². The molecule has 0 N–H and O–H groups in total. The molecule has 0 radical (unpaired) electrons. The van der Waals surface area contributed by atoms with Gasteiger partial charge in [-0.15, -0.1) is 0 Å². The highest BCUT2D eigenvalue weighted by Gasteiger charge is 2.19. The van der Waals surface area contributed by atoms with E-state index in [4.69, 9.17) is 0 Å². The van der Waals surface area contributed by atoms with Crippen LogP contribution in [0.4, 0.5) is 0 Å². The molecule has 0 aliphatic heterocycles. The molecule has 0 bridgehead atoms. The van der Waals surface area contributed by atoms with Gasteiger partial charge in [0.05, 0.1) is 45.1 Å². The second-order valence-electron chi connectivity index (χ2n) is 11.7. The van der Waals surface area contributed by atoms with Crippen molar-refractivity contribution in [2.75, 3.05) is 0 Å². The Morgan fingerprint density at radius 1 is 0.370 bits per heavy atom. The Morgan fingerprint density at radius 2 is 0.891 bits per heavy atom. The summed E-state index contributed by atoms with van der Waals surface area (Å²) in [6, 6.07) is 60.3. The van der Waals surface area contributed by atoms with Crippen LogP contribution in [0.2, 0.25) is 0 Å². The van der Waals surface area contributed by atoms with E-state index in [9.17, 15) is 5.26 Å². The van der Waals surface area contributed by atoms with E-state index in [1.807, 2.05) is 12.1 Å². The zero-order valence-corrected chi connectivity index (χ0v) is 24.9. The van der Waals surface area contributed by atoms with Crippen molar-refractivity contribution in [1.82, 2.24) is 9.13 Å². The number of aromatic nitrogens is 2. The normalized spacial score (nSPS) is 11.5. The molecular formula is C43H27N3. The Labute approximate surface area is 266 Å². The van der Waals surface area contributed by atoms with Crippen LogP contribution < -0.4 is 0 Å². The molecule has 0 aliphatic rings. The van der Waals surface area contributed by atoms with Crippen molar-refractivity contribution in [3.05, 3.63) is 169 Å². The SMILES string of the molecule is N#Cc1ccc2c(c1)c1ccccc1n2-c1ccc(-c2ccccc2-n2c3ccccc3c3ccccc32)cc1-c1ccccc1. The van der Waals surface area contributed by atoms with Gasteiger partial charge < -0.3 is 9.13 Å². The zero-order chi connectivity index (χ0) is 30.6. The lowest BCUT2D eigenvalue weighted by Crippen LogP contribution is -2.00. The number of hydrogen-bond donors (Lipinski definition) is 0. The topological polar surface area (TPSA) is 33.6 Å². The molecule has 0 unspecified atom stereocenters. The van der Waals surface area contributed by atoms with E-state index in [-0.39, 0.29) is 0 Å². The van der Waals surface area contributed by atoms with Crippen LogP contribution in [0.15, 0.2) is 164 Å². The Kier molecular flexibility index (Phi) is 5.88. The maximum atomic E-state index is 9.67. The molecule has 2 heterocycles. The van der Waals surface area contributed by atoms with Crippen molar-refractivity contribution in [2.45, 2.75) is 0 Å². The summed E-state index contributed by atoms with van der Waals surface area (Å²) in [6.45, 7) is 0. The molecule has 3 nitrogen and oxygen atoms in total. The van der Waals surface area contributed by atoms with Gasteiger partial charge in [-0.05, 0) is 65.7 Å².